The summed E-state index contributed by atoms with van der Waals surface area (Å²) in [5, 5.41) is 0. The van der Waals surface area contributed by atoms with E-state index in [1.54, 1.807) is 18.2 Å². The first-order valence-electron chi connectivity index (χ1n) is 6.30. The molecule has 0 aliphatic rings. The summed E-state index contributed by atoms with van der Waals surface area (Å²) in [5.41, 5.74) is 7.08. The number of nitrogens with two attached hydrogens (primary N) is 1. The van der Waals surface area contributed by atoms with Gasteiger partial charge in [-0.1, -0.05) is 24.3 Å². The monoisotopic (exact) mass is 291 g/mol. The number of hydrogen-bond donors (Lipinski definition) is 1. The van der Waals surface area contributed by atoms with E-state index in [1.165, 1.54) is 16.7 Å². The summed E-state index contributed by atoms with van der Waals surface area (Å²) < 4.78 is 40.9. The lowest BCUT2D eigenvalue weighted by Crippen LogP contribution is -2.12. The predicted molar refractivity (Wildman–Crippen MR) is 75.2 cm³/mol. The van der Waals surface area contributed by atoms with Crippen LogP contribution in [-0.4, -0.2) is 9.55 Å². The van der Waals surface area contributed by atoms with Crippen molar-refractivity contribution in [2.24, 2.45) is 0 Å². The summed E-state index contributed by atoms with van der Waals surface area (Å²) in [6.07, 6.45) is -4.46. The Hall–Kier alpha value is -2.50. The van der Waals surface area contributed by atoms with Crippen LogP contribution in [0.5, 0.6) is 0 Å². The number of nitrogen functional groups attached to an aromatic ring is 1. The third-order valence-electron chi connectivity index (χ3n) is 3.35. The molecule has 0 fully saturated rings. The van der Waals surface area contributed by atoms with Gasteiger partial charge >= 0.3 is 6.18 Å². The first kappa shape index (κ1) is 13.5. The van der Waals surface area contributed by atoms with E-state index in [-0.39, 0.29) is 11.6 Å². The van der Waals surface area contributed by atoms with Crippen LogP contribution in [0.25, 0.3) is 16.7 Å². The van der Waals surface area contributed by atoms with Crippen molar-refractivity contribution in [2.75, 3.05) is 5.73 Å². The van der Waals surface area contributed by atoms with Crippen LogP contribution in [-0.2, 0) is 6.18 Å². The van der Waals surface area contributed by atoms with Crippen molar-refractivity contribution in [3.8, 4) is 5.69 Å². The van der Waals surface area contributed by atoms with Crippen LogP contribution >= 0.6 is 0 Å². The maximum atomic E-state index is 13.2. The third kappa shape index (κ3) is 2.12. The van der Waals surface area contributed by atoms with Crippen LogP contribution in [0.15, 0.2) is 42.5 Å². The maximum Gasteiger partial charge on any atom is 0.418 e. The molecule has 21 heavy (non-hydrogen) atoms. The Kier molecular flexibility index (Phi) is 2.90. The zero-order valence-electron chi connectivity index (χ0n) is 11.1. The van der Waals surface area contributed by atoms with Crippen LogP contribution in [0, 0.1) is 6.92 Å². The molecule has 2 aromatic carbocycles. The molecule has 0 amide bonds. The van der Waals surface area contributed by atoms with E-state index < -0.39 is 11.7 Å². The average molecular weight is 291 g/mol. The van der Waals surface area contributed by atoms with Crippen molar-refractivity contribution in [1.82, 2.24) is 9.55 Å². The Morgan fingerprint density at radius 3 is 2.48 bits per heavy atom. The highest BCUT2D eigenvalue weighted by Crippen LogP contribution is 2.36. The van der Waals surface area contributed by atoms with Gasteiger partial charge in [0.05, 0.1) is 22.3 Å². The van der Waals surface area contributed by atoms with Gasteiger partial charge in [-0.05, 0) is 30.7 Å². The van der Waals surface area contributed by atoms with E-state index in [1.807, 2.05) is 13.0 Å². The van der Waals surface area contributed by atoms with E-state index in [0.29, 0.717) is 11.0 Å². The number of imidazole rings is 1. The van der Waals surface area contributed by atoms with Crippen LogP contribution < -0.4 is 5.73 Å². The van der Waals surface area contributed by atoms with Crippen LogP contribution in [0.2, 0.25) is 0 Å². The van der Waals surface area contributed by atoms with Crippen molar-refractivity contribution in [1.29, 1.82) is 0 Å². The second kappa shape index (κ2) is 4.51. The van der Waals surface area contributed by atoms with Gasteiger partial charge in [-0.25, -0.2) is 4.98 Å². The highest BCUT2D eigenvalue weighted by atomic mass is 19.4. The molecule has 0 atom stereocenters. The van der Waals surface area contributed by atoms with E-state index in [0.717, 1.165) is 11.6 Å². The highest BCUT2D eigenvalue weighted by molar-refractivity contribution is 5.84. The van der Waals surface area contributed by atoms with Gasteiger partial charge in [-0.3, -0.25) is 4.57 Å². The number of anilines is 1. The summed E-state index contributed by atoms with van der Waals surface area (Å²) in [6, 6.07) is 10.7. The molecule has 0 spiro atoms. The Morgan fingerprint density at radius 1 is 1.05 bits per heavy atom. The van der Waals surface area contributed by atoms with Gasteiger partial charge in [0.1, 0.15) is 0 Å². The zero-order valence-corrected chi connectivity index (χ0v) is 11.1. The molecule has 0 saturated carbocycles. The van der Waals surface area contributed by atoms with Gasteiger partial charge < -0.3 is 5.73 Å². The van der Waals surface area contributed by atoms with Crippen LogP contribution in [0.1, 0.15) is 11.1 Å². The molecule has 3 nitrogen and oxygen atoms in total. The number of aryl methyl sites for hydroxylation is 1. The minimum Gasteiger partial charge on any atom is -0.369 e. The largest absolute Gasteiger partial charge is 0.418 e. The third-order valence-corrected chi connectivity index (χ3v) is 3.35. The summed E-state index contributed by atoms with van der Waals surface area (Å²) in [6.45, 7) is 1.82. The zero-order chi connectivity index (χ0) is 15.2. The second-order valence-electron chi connectivity index (χ2n) is 4.76. The Bertz CT molecular complexity index is 819. The molecule has 1 heterocycles. The normalized spacial score (nSPS) is 12.0. The van der Waals surface area contributed by atoms with Crippen molar-refractivity contribution < 1.29 is 13.2 Å². The molecule has 3 rings (SSSR count). The minimum absolute atomic E-state index is 0.0145. The molecule has 0 radical (unpaired) electrons. The van der Waals surface area contributed by atoms with Crippen LogP contribution in [0.3, 0.4) is 0 Å². The number of halogens is 3. The average Bonchev–Trinajstić information content (AvgIpc) is 2.75. The summed E-state index contributed by atoms with van der Waals surface area (Å²) in [4.78, 5) is 4.15. The number of fused-ring (bicyclic) bond motifs is 1. The van der Waals surface area contributed by atoms with E-state index in [9.17, 15) is 13.2 Å². The molecule has 0 saturated heterocycles. The first-order valence-corrected chi connectivity index (χ1v) is 6.30. The predicted octanol–water partition coefficient (Wildman–Crippen LogP) is 3.93. The van der Waals surface area contributed by atoms with Gasteiger partial charge in [-0.15, -0.1) is 0 Å². The quantitative estimate of drug-likeness (QED) is 0.738. The van der Waals surface area contributed by atoms with Gasteiger partial charge in [-0.2, -0.15) is 13.2 Å². The molecule has 108 valence electrons. The fourth-order valence-electron chi connectivity index (χ4n) is 2.46. The molecule has 0 aliphatic carbocycles. The van der Waals surface area contributed by atoms with Crippen molar-refractivity contribution >= 4 is 17.0 Å². The Labute approximate surface area is 118 Å². The summed E-state index contributed by atoms with van der Waals surface area (Å²) in [7, 11) is 0. The lowest BCUT2D eigenvalue weighted by Gasteiger charge is -2.15. The molecule has 0 bridgehead atoms. The van der Waals surface area contributed by atoms with Gasteiger partial charge in [0, 0.05) is 0 Å². The first-order chi connectivity index (χ1) is 9.89. The number of rotatable bonds is 1. The number of alkyl halides is 3. The standard InChI is InChI=1S/C15H12F3N3/c1-9-5-4-7-11-13(9)21(14(19)20-11)12-8-3-2-6-10(12)15(16,17)18/h2-8H,1H3,(H2,19,20). The molecule has 0 unspecified atom stereocenters. The fraction of sp³-hybridized carbons (Fsp3) is 0.133. The fourth-order valence-corrected chi connectivity index (χ4v) is 2.46. The second-order valence-corrected chi connectivity index (χ2v) is 4.76. The van der Waals surface area contributed by atoms with Crippen LogP contribution in [0.4, 0.5) is 19.1 Å². The van der Waals surface area contributed by atoms with Gasteiger partial charge in [0.2, 0.25) is 5.95 Å². The minimum atomic E-state index is -4.46. The number of hydrogen-bond acceptors (Lipinski definition) is 2. The SMILES string of the molecule is Cc1cccc2nc(N)n(-c3ccccc3C(F)(F)F)c12. The van der Waals surface area contributed by atoms with Crippen molar-refractivity contribution in [3.05, 3.63) is 53.6 Å². The summed E-state index contributed by atoms with van der Waals surface area (Å²) >= 11 is 0. The van der Waals surface area contributed by atoms with E-state index in [4.69, 9.17) is 5.73 Å². The molecule has 0 aliphatic heterocycles. The van der Waals surface area contributed by atoms with Gasteiger partial charge in [0.25, 0.3) is 0 Å². The number of para-hydroxylation sites is 2. The molecule has 3 aromatic rings. The molecule has 2 N–H and O–H groups in total. The Balaban J connectivity index is 2.40. The smallest absolute Gasteiger partial charge is 0.369 e. The molecule has 1 aromatic heterocycles. The highest BCUT2D eigenvalue weighted by Gasteiger charge is 2.34. The molecular weight excluding hydrogens is 279 g/mol. The topological polar surface area (TPSA) is 43.8 Å². The van der Waals surface area contributed by atoms with Crippen molar-refractivity contribution in [3.63, 3.8) is 0 Å². The maximum absolute atomic E-state index is 13.2. The number of nitrogens with zero attached hydrogens (tertiary/aromatic N) is 2. The number of benzene rings is 2. The molecule has 6 heteroatoms. The lowest BCUT2D eigenvalue weighted by molar-refractivity contribution is -0.137. The van der Waals surface area contributed by atoms with Gasteiger partial charge in [0.15, 0.2) is 0 Å². The van der Waals surface area contributed by atoms with Crippen molar-refractivity contribution in [2.45, 2.75) is 13.1 Å². The Morgan fingerprint density at radius 2 is 1.76 bits per heavy atom. The molecular formula is C15H12F3N3. The lowest BCUT2D eigenvalue weighted by atomic mass is 10.1. The number of aromatic nitrogens is 2. The summed E-state index contributed by atoms with van der Waals surface area (Å²) in [5.74, 6) is 0.0380. The van der Waals surface area contributed by atoms with E-state index >= 15 is 0 Å². The van der Waals surface area contributed by atoms with E-state index in [2.05, 4.69) is 4.98 Å².